The number of likely N-dealkylation sites (tertiary alicyclic amines) is 1. The highest BCUT2D eigenvalue weighted by Crippen LogP contribution is 2.42. The molecular formula is C28H31F4N5O6S. The maximum Gasteiger partial charge on any atom is 0.338 e. The quantitative estimate of drug-likeness (QED) is 0.263. The summed E-state index contributed by atoms with van der Waals surface area (Å²) in [5.74, 6) is -7.81. The molecule has 44 heavy (non-hydrogen) atoms. The Kier molecular flexibility index (Phi) is 8.83. The standard InChI is InChI=1S/C28H31F4N5O6S/c1-4-42-25(39)19-16(34-23(24-33-8-9-44-24)35-21(19)14-6-5-7-15(29)20(14)30)10-36-13-28(31,32)22-17(36)12-43-37(22)11-18(38)27(2,3)26(40)41/h5-9,17-18,21-22,38H,4,10-13H2,1-3H3,(H,34,35)(H,40,41)/t17-,18-,21-,22+/m0/s1. The maximum atomic E-state index is 15.6. The Morgan fingerprint density at radius 3 is 2.73 bits per heavy atom. The highest BCUT2D eigenvalue weighted by atomic mass is 32.1. The Bertz CT molecular complexity index is 1490. The number of aliphatic hydroxyl groups is 1. The van der Waals surface area contributed by atoms with Crippen molar-refractivity contribution >= 4 is 29.1 Å². The van der Waals surface area contributed by atoms with E-state index in [1.54, 1.807) is 12.3 Å². The monoisotopic (exact) mass is 641 g/mol. The van der Waals surface area contributed by atoms with Gasteiger partial charge in [-0.3, -0.25) is 19.5 Å². The van der Waals surface area contributed by atoms with Gasteiger partial charge >= 0.3 is 11.9 Å². The molecule has 0 aliphatic carbocycles. The fraction of sp³-hybridized carbons (Fsp3) is 0.500. The number of alkyl halides is 2. The van der Waals surface area contributed by atoms with Crippen molar-refractivity contribution < 1.29 is 46.9 Å². The second kappa shape index (κ2) is 12.2. The number of carbonyl (C=O) groups is 2. The predicted octanol–water partition coefficient (Wildman–Crippen LogP) is 2.74. The van der Waals surface area contributed by atoms with Crippen LogP contribution in [0.1, 0.15) is 37.4 Å². The number of nitrogens with zero attached hydrogens (tertiary/aromatic N) is 4. The molecule has 3 N–H and O–H groups in total. The van der Waals surface area contributed by atoms with E-state index < -0.39 is 72.2 Å². The second-order valence-corrected chi connectivity index (χ2v) is 12.1. The zero-order valence-corrected chi connectivity index (χ0v) is 24.8. The number of halogens is 4. The number of hydrogen-bond acceptors (Lipinski definition) is 11. The topological polar surface area (TPSA) is 137 Å². The van der Waals surface area contributed by atoms with Crippen molar-refractivity contribution in [3.8, 4) is 0 Å². The van der Waals surface area contributed by atoms with Gasteiger partial charge in [-0.2, -0.15) is 5.06 Å². The average Bonchev–Trinajstić information content (AvgIpc) is 3.69. The van der Waals surface area contributed by atoms with Crippen LogP contribution in [0, 0.1) is 17.0 Å². The number of carboxylic acids is 1. The van der Waals surface area contributed by atoms with Gasteiger partial charge in [0, 0.05) is 29.4 Å². The third-order valence-corrected chi connectivity index (χ3v) is 8.81. The molecule has 4 atom stereocenters. The molecular weight excluding hydrogens is 610 g/mol. The zero-order valence-electron chi connectivity index (χ0n) is 24.0. The van der Waals surface area contributed by atoms with Gasteiger partial charge < -0.3 is 20.3 Å². The van der Waals surface area contributed by atoms with Crippen molar-refractivity contribution in [2.75, 3.05) is 32.8 Å². The Hall–Kier alpha value is -3.44. The first kappa shape index (κ1) is 32.0. The van der Waals surface area contributed by atoms with Gasteiger partial charge in [0.15, 0.2) is 22.5 Å². The Morgan fingerprint density at radius 2 is 2.07 bits per heavy atom. The van der Waals surface area contributed by atoms with E-state index in [4.69, 9.17) is 9.57 Å². The lowest BCUT2D eigenvalue weighted by Gasteiger charge is -2.32. The van der Waals surface area contributed by atoms with Gasteiger partial charge in [0.05, 0.1) is 49.4 Å². The fourth-order valence-electron chi connectivity index (χ4n) is 5.47. The number of fused-ring (bicyclic) bond motifs is 1. The summed E-state index contributed by atoms with van der Waals surface area (Å²) < 4.78 is 65.8. The summed E-state index contributed by atoms with van der Waals surface area (Å²) in [7, 11) is 0. The molecule has 5 rings (SSSR count). The van der Waals surface area contributed by atoms with E-state index in [9.17, 15) is 24.2 Å². The van der Waals surface area contributed by atoms with Crippen molar-refractivity contribution in [1.29, 1.82) is 0 Å². The molecule has 0 unspecified atom stereocenters. The van der Waals surface area contributed by atoms with E-state index in [2.05, 4.69) is 15.3 Å². The van der Waals surface area contributed by atoms with Crippen LogP contribution in [0.25, 0.3) is 0 Å². The van der Waals surface area contributed by atoms with Gasteiger partial charge in [-0.05, 0) is 26.8 Å². The van der Waals surface area contributed by atoms with Crippen LogP contribution in [0.4, 0.5) is 17.6 Å². The van der Waals surface area contributed by atoms with E-state index in [1.807, 2.05) is 0 Å². The molecule has 2 fully saturated rings. The number of thiazole rings is 1. The van der Waals surface area contributed by atoms with Crippen LogP contribution < -0.4 is 5.32 Å². The number of esters is 1. The number of nitrogens with one attached hydrogen (secondary N) is 1. The third kappa shape index (κ3) is 5.83. The number of aliphatic carboxylic acids is 1. The molecule has 2 saturated heterocycles. The first-order valence-corrected chi connectivity index (χ1v) is 14.7. The zero-order chi connectivity index (χ0) is 32.0. The summed E-state index contributed by atoms with van der Waals surface area (Å²) in [4.78, 5) is 40.6. The number of β-amino-alcohol motifs (C(OH)–C–C–N with tert-alkyl or cyclic N) is 1. The summed E-state index contributed by atoms with van der Waals surface area (Å²) in [5.41, 5.74) is -1.99. The molecule has 16 heteroatoms. The van der Waals surface area contributed by atoms with E-state index in [0.29, 0.717) is 5.01 Å². The summed E-state index contributed by atoms with van der Waals surface area (Å²) in [6.07, 6.45) is -0.0248. The van der Waals surface area contributed by atoms with E-state index in [1.165, 1.54) is 48.4 Å². The Balaban J connectivity index is 1.51. The van der Waals surface area contributed by atoms with Gasteiger partial charge in [-0.1, -0.05) is 12.1 Å². The summed E-state index contributed by atoms with van der Waals surface area (Å²) in [5, 5.41) is 26.0. The Morgan fingerprint density at radius 1 is 1.32 bits per heavy atom. The molecule has 4 heterocycles. The maximum absolute atomic E-state index is 15.6. The smallest absolute Gasteiger partial charge is 0.338 e. The van der Waals surface area contributed by atoms with Gasteiger partial charge in [-0.15, -0.1) is 11.3 Å². The minimum Gasteiger partial charge on any atom is -0.481 e. The molecule has 0 radical (unpaired) electrons. The molecule has 1 aromatic heterocycles. The van der Waals surface area contributed by atoms with Crippen LogP contribution in [0.15, 0.2) is 46.0 Å². The number of hydrogen-bond donors (Lipinski definition) is 3. The number of benzene rings is 1. The summed E-state index contributed by atoms with van der Waals surface area (Å²) in [6, 6.07) is -0.390. The van der Waals surface area contributed by atoms with Crippen molar-refractivity contribution in [2.45, 2.75) is 50.9 Å². The minimum atomic E-state index is -3.37. The van der Waals surface area contributed by atoms with Crippen LogP contribution >= 0.6 is 11.3 Å². The van der Waals surface area contributed by atoms with Gasteiger partial charge in [-0.25, -0.2) is 27.3 Å². The van der Waals surface area contributed by atoms with E-state index in [-0.39, 0.29) is 42.4 Å². The van der Waals surface area contributed by atoms with Gasteiger partial charge in [0.2, 0.25) is 0 Å². The molecule has 238 valence electrons. The minimum absolute atomic E-state index is 0.0542. The highest BCUT2D eigenvalue weighted by Gasteiger charge is 2.61. The van der Waals surface area contributed by atoms with Crippen molar-refractivity contribution in [3.63, 3.8) is 0 Å². The number of rotatable bonds is 10. The van der Waals surface area contributed by atoms with Crippen LogP contribution in [-0.2, 0) is 19.2 Å². The normalized spacial score (nSPS) is 24.5. The summed E-state index contributed by atoms with van der Waals surface area (Å²) >= 11 is 1.19. The number of ether oxygens (including phenoxy) is 1. The van der Waals surface area contributed by atoms with E-state index in [0.717, 1.165) is 11.1 Å². The van der Waals surface area contributed by atoms with Crippen LogP contribution in [0.5, 0.6) is 0 Å². The predicted molar refractivity (Wildman–Crippen MR) is 149 cm³/mol. The highest BCUT2D eigenvalue weighted by molar-refractivity contribution is 7.11. The Labute approximate surface area is 253 Å². The number of carbonyl (C=O) groups excluding carboxylic acids is 1. The number of hydroxylamine groups is 2. The molecule has 11 nitrogen and oxygen atoms in total. The molecule has 0 saturated carbocycles. The number of amidine groups is 1. The SMILES string of the molecule is CCOC(=O)C1=C(CN2CC(F)(F)[C@H]3[C@@H]2CON3C[C@H](O)C(C)(C)C(=O)O)NC(c2nccs2)=N[C@H]1c1cccc(F)c1F. The van der Waals surface area contributed by atoms with Gasteiger partial charge in [0.25, 0.3) is 5.92 Å². The van der Waals surface area contributed by atoms with Crippen LogP contribution in [-0.4, -0.2) is 99.9 Å². The van der Waals surface area contributed by atoms with E-state index >= 15 is 13.2 Å². The lowest BCUT2D eigenvalue weighted by Crippen LogP contribution is -2.51. The van der Waals surface area contributed by atoms with Crippen LogP contribution in [0.2, 0.25) is 0 Å². The first-order valence-electron chi connectivity index (χ1n) is 13.8. The van der Waals surface area contributed by atoms with Crippen molar-refractivity contribution in [3.05, 3.63) is 63.3 Å². The molecule has 0 spiro atoms. The lowest BCUT2D eigenvalue weighted by atomic mass is 9.86. The molecule has 2 aromatic rings. The number of aromatic nitrogens is 1. The summed E-state index contributed by atoms with van der Waals surface area (Å²) in [6.45, 7) is 2.31. The molecule has 0 bridgehead atoms. The number of aliphatic imine (C=N–C) groups is 1. The molecule has 1 aromatic carbocycles. The fourth-order valence-corrected chi connectivity index (χ4v) is 6.06. The number of aliphatic hydroxyl groups excluding tert-OH is 1. The number of carboxylic acid groups (broad SMARTS) is 1. The van der Waals surface area contributed by atoms with Crippen molar-refractivity contribution in [1.82, 2.24) is 20.3 Å². The third-order valence-electron chi connectivity index (χ3n) is 8.03. The molecule has 0 amide bonds. The first-order chi connectivity index (χ1) is 20.8. The average molecular weight is 642 g/mol. The molecule has 3 aliphatic rings. The largest absolute Gasteiger partial charge is 0.481 e. The second-order valence-electron chi connectivity index (χ2n) is 11.2. The molecule has 3 aliphatic heterocycles. The van der Waals surface area contributed by atoms with Crippen molar-refractivity contribution in [2.24, 2.45) is 10.4 Å². The van der Waals surface area contributed by atoms with Gasteiger partial charge in [0.1, 0.15) is 12.1 Å². The lowest BCUT2D eigenvalue weighted by molar-refractivity contribution is -0.202. The van der Waals surface area contributed by atoms with Crippen LogP contribution in [0.3, 0.4) is 0 Å².